The number of nitrogens with zero attached hydrogens (tertiary/aromatic N) is 3. The SMILES string of the molecule is CC1=CN=C(Cl)CN1[N+](=O)[O-]. The molecule has 0 N–H and O–H groups in total. The number of hydrazine groups is 1. The normalized spacial score (nSPS) is 17.5. The number of allylic oxidation sites excluding steroid dienone is 1. The lowest BCUT2D eigenvalue weighted by Gasteiger charge is -2.15. The van der Waals surface area contributed by atoms with E-state index in [4.69, 9.17) is 11.6 Å². The molecule has 0 amide bonds. The smallest absolute Gasteiger partial charge is 0.165 e. The monoisotopic (exact) mass is 175 g/mol. The molecule has 6 heteroatoms. The Hall–Kier alpha value is -1.10. The van der Waals surface area contributed by atoms with E-state index in [-0.39, 0.29) is 11.7 Å². The lowest BCUT2D eigenvalue weighted by molar-refractivity contribution is -0.640. The van der Waals surface area contributed by atoms with Gasteiger partial charge in [-0.1, -0.05) is 16.6 Å². The van der Waals surface area contributed by atoms with Crippen LogP contribution >= 0.6 is 11.6 Å². The highest BCUT2D eigenvalue weighted by Gasteiger charge is 2.21. The van der Waals surface area contributed by atoms with Gasteiger partial charge in [0, 0.05) is 0 Å². The molecule has 0 aromatic rings. The molecule has 0 radical (unpaired) electrons. The molecule has 0 saturated heterocycles. The minimum atomic E-state index is -0.511. The average molecular weight is 176 g/mol. The minimum Gasteiger partial charge on any atom is -0.245 e. The zero-order valence-corrected chi connectivity index (χ0v) is 6.58. The first-order valence-electron chi connectivity index (χ1n) is 2.92. The van der Waals surface area contributed by atoms with Gasteiger partial charge in [-0.25, -0.2) is 15.1 Å². The molecule has 60 valence electrons. The van der Waals surface area contributed by atoms with Gasteiger partial charge in [-0.2, -0.15) is 0 Å². The van der Waals surface area contributed by atoms with Crippen molar-refractivity contribution in [2.24, 2.45) is 4.99 Å². The molecule has 1 rings (SSSR count). The van der Waals surface area contributed by atoms with Gasteiger partial charge in [0.15, 0.2) is 5.03 Å². The molecule has 0 aromatic heterocycles. The van der Waals surface area contributed by atoms with Gasteiger partial charge in [-0.3, -0.25) is 0 Å². The Morgan fingerprint density at radius 3 is 3.00 bits per heavy atom. The molecule has 0 fully saturated rings. The van der Waals surface area contributed by atoms with Gasteiger partial charge in [-0.05, 0) is 6.92 Å². The Bertz CT molecular complexity index is 248. The Balaban J connectivity index is 2.81. The van der Waals surface area contributed by atoms with Crippen LogP contribution in [0.3, 0.4) is 0 Å². The lowest BCUT2D eigenvalue weighted by Crippen LogP contribution is -2.33. The molecule has 0 saturated carbocycles. The highest BCUT2D eigenvalue weighted by molar-refractivity contribution is 6.66. The van der Waals surface area contributed by atoms with Crippen molar-refractivity contribution >= 4 is 16.8 Å². The Morgan fingerprint density at radius 1 is 1.91 bits per heavy atom. The molecule has 1 aliphatic heterocycles. The van der Waals surface area contributed by atoms with Gasteiger partial charge in [0.1, 0.15) is 11.7 Å². The summed E-state index contributed by atoms with van der Waals surface area (Å²) in [6, 6.07) is 0. The van der Waals surface area contributed by atoms with Crippen LogP contribution in [0.15, 0.2) is 16.9 Å². The second kappa shape index (κ2) is 2.87. The Labute approximate surface area is 68.1 Å². The Morgan fingerprint density at radius 2 is 2.55 bits per heavy atom. The molecule has 11 heavy (non-hydrogen) atoms. The summed E-state index contributed by atoms with van der Waals surface area (Å²) < 4.78 is 0. The largest absolute Gasteiger partial charge is 0.245 e. The van der Waals surface area contributed by atoms with Crippen molar-refractivity contribution in [1.29, 1.82) is 0 Å². The standard InChI is InChI=1S/C5H6ClN3O2/c1-4-2-7-5(6)3-8(4)9(10)11/h2H,3H2,1H3. The van der Waals surface area contributed by atoms with E-state index in [1.54, 1.807) is 6.92 Å². The lowest BCUT2D eigenvalue weighted by atomic mass is 10.4. The van der Waals surface area contributed by atoms with Crippen LogP contribution in [-0.4, -0.2) is 21.8 Å². The zero-order chi connectivity index (χ0) is 8.43. The summed E-state index contributed by atoms with van der Waals surface area (Å²) in [7, 11) is 0. The van der Waals surface area contributed by atoms with E-state index in [1.807, 2.05) is 0 Å². The molecule has 0 unspecified atom stereocenters. The predicted molar refractivity (Wildman–Crippen MR) is 40.7 cm³/mol. The zero-order valence-electron chi connectivity index (χ0n) is 5.82. The van der Waals surface area contributed by atoms with Crippen molar-refractivity contribution < 1.29 is 5.03 Å². The molecule has 1 heterocycles. The third-order valence-electron chi connectivity index (χ3n) is 1.28. The van der Waals surface area contributed by atoms with Crippen molar-refractivity contribution in [1.82, 2.24) is 5.01 Å². The molecule has 1 aliphatic rings. The number of rotatable bonds is 1. The summed E-state index contributed by atoms with van der Waals surface area (Å²) in [6.07, 6.45) is 1.37. The van der Waals surface area contributed by atoms with Gasteiger partial charge in [0.2, 0.25) is 0 Å². The van der Waals surface area contributed by atoms with E-state index in [1.165, 1.54) is 6.20 Å². The van der Waals surface area contributed by atoms with Crippen LogP contribution in [0.1, 0.15) is 6.92 Å². The van der Waals surface area contributed by atoms with E-state index in [0.29, 0.717) is 5.70 Å². The van der Waals surface area contributed by atoms with Crippen LogP contribution in [-0.2, 0) is 0 Å². The second-order valence-electron chi connectivity index (χ2n) is 2.07. The highest BCUT2D eigenvalue weighted by atomic mass is 35.5. The third-order valence-corrected chi connectivity index (χ3v) is 1.49. The van der Waals surface area contributed by atoms with Crippen molar-refractivity contribution in [2.75, 3.05) is 6.54 Å². The van der Waals surface area contributed by atoms with Gasteiger partial charge in [0.25, 0.3) is 0 Å². The van der Waals surface area contributed by atoms with Gasteiger partial charge in [0.05, 0.1) is 11.9 Å². The van der Waals surface area contributed by atoms with Gasteiger partial charge >= 0.3 is 0 Å². The maximum atomic E-state index is 10.3. The van der Waals surface area contributed by atoms with Crippen molar-refractivity contribution in [3.05, 3.63) is 22.0 Å². The maximum Gasteiger partial charge on any atom is 0.165 e. The predicted octanol–water partition coefficient (Wildman–Crippen LogP) is 0.992. The molecule has 0 bridgehead atoms. The van der Waals surface area contributed by atoms with E-state index in [0.717, 1.165) is 5.01 Å². The third kappa shape index (κ3) is 1.68. The molecular weight excluding hydrogens is 170 g/mol. The summed E-state index contributed by atoms with van der Waals surface area (Å²) >= 11 is 5.48. The van der Waals surface area contributed by atoms with Gasteiger partial charge in [-0.15, -0.1) is 0 Å². The molecular formula is C5H6ClN3O2. The van der Waals surface area contributed by atoms with Gasteiger partial charge < -0.3 is 0 Å². The summed E-state index contributed by atoms with van der Waals surface area (Å²) in [5.74, 6) is 0. The van der Waals surface area contributed by atoms with E-state index >= 15 is 0 Å². The van der Waals surface area contributed by atoms with Crippen LogP contribution in [0.2, 0.25) is 0 Å². The number of hydrogen-bond acceptors (Lipinski definition) is 3. The van der Waals surface area contributed by atoms with Crippen LogP contribution in [0.4, 0.5) is 0 Å². The van der Waals surface area contributed by atoms with E-state index in [2.05, 4.69) is 4.99 Å². The Kier molecular flexibility index (Phi) is 2.09. The van der Waals surface area contributed by atoms with Crippen molar-refractivity contribution in [2.45, 2.75) is 6.92 Å². The van der Waals surface area contributed by atoms with Crippen LogP contribution < -0.4 is 0 Å². The number of hydrogen-bond donors (Lipinski definition) is 0. The second-order valence-corrected chi connectivity index (χ2v) is 2.51. The summed E-state index contributed by atoms with van der Waals surface area (Å²) in [4.78, 5) is 14.0. The number of halogens is 1. The first-order valence-corrected chi connectivity index (χ1v) is 3.30. The minimum absolute atomic E-state index is 0.0525. The topological polar surface area (TPSA) is 58.7 Å². The summed E-state index contributed by atoms with van der Waals surface area (Å²) in [5.41, 5.74) is 0.486. The molecule has 5 nitrogen and oxygen atoms in total. The van der Waals surface area contributed by atoms with Crippen molar-refractivity contribution in [3.63, 3.8) is 0 Å². The first-order chi connectivity index (χ1) is 5.11. The maximum absolute atomic E-state index is 10.3. The fourth-order valence-electron chi connectivity index (χ4n) is 0.706. The van der Waals surface area contributed by atoms with E-state index in [9.17, 15) is 10.1 Å². The number of aliphatic imine (C=N–C) groups is 1. The fraction of sp³-hybridized carbons (Fsp3) is 0.400. The quantitative estimate of drug-likeness (QED) is 0.441. The van der Waals surface area contributed by atoms with E-state index < -0.39 is 5.03 Å². The van der Waals surface area contributed by atoms with Crippen molar-refractivity contribution in [3.8, 4) is 0 Å². The average Bonchev–Trinajstić information content (AvgIpc) is 1.94. The molecule has 0 aromatic carbocycles. The number of nitro groups is 1. The van der Waals surface area contributed by atoms with Crippen LogP contribution in [0.5, 0.6) is 0 Å². The molecule has 0 atom stereocenters. The fourth-order valence-corrected chi connectivity index (χ4v) is 0.868. The van der Waals surface area contributed by atoms with Crippen LogP contribution in [0.25, 0.3) is 0 Å². The summed E-state index contributed by atoms with van der Waals surface area (Å²) in [6.45, 7) is 1.66. The first kappa shape index (κ1) is 8.00. The molecule has 0 spiro atoms. The summed E-state index contributed by atoms with van der Waals surface area (Å²) in [5, 5.41) is 10.9. The highest BCUT2D eigenvalue weighted by Crippen LogP contribution is 2.10. The molecule has 0 aliphatic carbocycles. The van der Waals surface area contributed by atoms with Crippen LogP contribution in [0, 0.1) is 10.1 Å².